The third-order valence-electron chi connectivity index (χ3n) is 3.53. The molecule has 0 aromatic heterocycles. The van der Waals surface area contributed by atoms with Gasteiger partial charge in [-0.25, -0.2) is 0 Å². The van der Waals surface area contributed by atoms with Crippen molar-refractivity contribution in [2.75, 3.05) is 19.6 Å². The lowest BCUT2D eigenvalue weighted by atomic mass is 9.95. The van der Waals surface area contributed by atoms with Crippen LogP contribution in [-0.4, -0.2) is 47.2 Å². The first-order valence-electron chi connectivity index (χ1n) is 6.30. The first-order valence-corrected chi connectivity index (χ1v) is 6.30. The molecule has 2 aliphatic rings. The molecule has 0 aromatic rings. The smallest absolute Gasteiger partial charge is 0.222 e. The summed E-state index contributed by atoms with van der Waals surface area (Å²) in [6.45, 7) is 3.88. The Morgan fingerprint density at radius 2 is 2.25 bits per heavy atom. The van der Waals surface area contributed by atoms with E-state index in [2.05, 4.69) is 5.32 Å². The molecule has 0 spiro atoms. The molecule has 4 heteroatoms. The van der Waals surface area contributed by atoms with Gasteiger partial charge in [0.1, 0.15) is 0 Å². The van der Waals surface area contributed by atoms with E-state index in [0.29, 0.717) is 25.6 Å². The Hall–Kier alpha value is -0.610. The maximum atomic E-state index is 11.7. The van der Waals surface area contributed by atoms with Crippen LogP contribution in [0.4, 0.5) is 0 Å². The maximum absolute atomic E-state index is 11.7. The Bertz CT molecular complexity index is 252. The van der Waals surface area contributed by atoms with Gasteiger partial charge >= 0.3 is 0 Å². The number of piperidine rings is 1. The summed E-state index contributed by atoms with van der Waals surface area (Å²) in [7, 11) is 0. The van der Waals surface area contributed by atoms with E-state index >= 15 is 0 Å². The summed E-state index contributed by atoms with van der Waals surface area (Å²) in [4.78, 5) is 13.5. The average Bonchev–Trinajstić information content (AvgIpc) is 2.24. The van der Waals surface area contributed by atoms with Crippen molar-refractivity contribution in [2.24, 2.45) is 0 Å². The Balaban J connectivity index is 1.64. The maximum Gasteiger partial charge on any atom is 0.222 e. The highest BCUT2D eigenvalue weighted by Gasteiger charge is 2.39. The van der Waals surface area contributed by atoms with Crippen LogP contribution in [0.15, 0.2) is 0 Å². The van der Waals surface area contributed by atoms with Gasteiger partial charge in [0.2, 0.25) is 5.91 Å². The van der Waals surface area contributed by atoms with Crippen molar-refractivity contribution in [3.05, 3.63) is 0 Å². The Morgan fingerprint density at radius 1 is 1.50 bits per heavy atom. The van der Waals surface area contributed by atoms with Crippen LogP contribution in [0, 0.1) is 0 Å². The topological polar surface area (TPSA) is 52.6 Å². The number of nitrogens with one attached hydrogen (secondary N) is 1. The van der Waals surface area contributed by atoms with Gasteiger partial charge in [-0.15, -0.1) is 0 Å². The highest BCUT2D eigenvalue weighted by atomic mass is 16.3. The van der Waals surface area contributed by atoms with E-state index in [9.17, 15) is 9.90 Å². The van der Waals surface area contributed by atoms with Crippen molar-refractivity contribution in [2.45, 2.75) is 50.7 Å². The number of hydrogen-bond acceptors (Lipinski definition) is 3. The molecule has 1 atom stereocenters. The predicted molar refractivity (Wildman–Crippen MR) is 62.1 cm³/mol. The van der Waals surface area contributed by atoms with Gasteiger partial charge in [0, 0.05) is 12.5 Å². The van der Waals surface area contributed by atoms with Gasteiger partial charge in [-0.3, -0.25) is 4.79 Å². The van der Waals surface area contributed by atoms with Crippen LogP contribution in [-0.2, 0) is 4.79 Å². The van der Waals surface area contributed by atoms with Gasteiger partial charge in [0.15, 0.2) is 0 Å². The molecule has 0 saturated carbocycles. The van der Waals surface area contributed by atoms with Gasteiger partial charge in [-0.05, 0) is 32.7 Å². The van der Waals surface area contributed by atoms with Crippen LogP contribution in [0.2, 0.25) is 0 Å². The number of aliphatic hydroxyl groups is 1. The molecule has 0 radical (unpaired) electrons. The number of amides is 1. The molecule has 0 aliphatic carbocycles. The van der Waals surface area contributed by atoms with E-state index in [1.54, 1.807) is 11.8 Å². The summed E-state index contributed by atoms with van der Waals surface area (Å²) in [5.74, 6) is 0.193. The summed E-state index contributed by atoms with van der Waals surface area (Å²) in [6, 6.07) is 0.527. The van der Waals surface area contributed by atoms with Crippen LogP contribution in [0.3, 0.4) is 0 Å². The van der Waals surface area contributed by atoms with Crippen molar-refractivity contribution >= 4 is 5.91 Å². The van der Waals surface area contributed by atoms with E-state index in [4.69, 9.17) is 0 Å². The lowest BCUT2D eigenvalue weighted by molar-refractivity contribution is -0.152. The SMILES string of the molecule is CC1(O)CN(C(=O)CCC2CCCCN2)C1. The summed E-state index contributed by atoms with van der Waals surface area (Å²) in [5.41, 5.74) is -0.640. The fraction of sp³-hybridized carbons (Fsp3) is 0.917. The van der Waals surface area contributed by atoms with Crippen LogP contribution < -0.4 is 5.32 Å². The monoisotopic (exact) mass is 226 g/mol. The fourth-order valence-electron chi connectivity index (χ4n) is 2.58. The molecule has 2 N–H and O–H groups in total. The number of carbonyl (C=O) groups excluding carboxylic acids is 1. The first kappa shape index (κ1) is 11.9. The molecule has 2 rings (SSSR count). The summed E-state index contributed by atoms with van der Waals surface area (Å²) in [5, 5.41) is 13.0. The molecule has 2 heterocycles. The van der Waals surface area contributed by atoms with Crippen molar-refractivity contribution in [1.82, 2.24) is 10.2 Å². The zero-order chi connectivity index (χ0) is 11.6. The summed E-state index contributed by atoms with van der Waals surface area (Å²) in [6.07, 6.45) is 5.31. The highest BCUT2D eigenvalue weighted by molar-refractivity contribution is 5.77. The summed E-state index contributed by atoms with van der Waals surface area (Å²) >= 11 is 0. The number of β-amino-alcohol motifs (C(OH)–C–C–N with tert-alkyl or cyclic N) is 1. The average molecular weight is 226 g/mol. The molecule has 1 amide bonds. The molecular formula is C12H22N2O2. The van der Waals surface area contributed by atoms with Crippen molar-refractivity contribution in [1.29, 1.82) is 0 Å². The standard InChI is InChI=1S/C12H22N2O2/c1-12(16)8-14(9-12)11(15)6-5-10-4-2-3-7-13-10/h10,13,16H,2-9H2,1H3. The van der Waals surface area contributed by atoms with E-state index in [-0.39, 0.29) is 5.91 Å². The van der Waals surface area contributed by atoms with Crippen LogP contribution in [0.5, 0.6) is 0 Å². The zero-order valence-corrected chi connectivity index (χ0v) is 10.0. The second kappa shape index (κ2) is 4.72. The highest BCUT2D eigenvalue weighted by Crippen LogP contribution is 2.21. The first-order chi connectivity index (χ1) is 7.57. The number of nitrogens with zero attached hydrogens (tertiary/aromatic N) is 1. The van der Waals surface area contributed by atoms with Gasteiger partial charge in [-0.2, -0.15) is 0 Å². The van der Waals surface area contributed by atoms with Gasteiger partial charge < -0.3 is 15.3 Å². The van der Waals surface area contributed by atoms with Gasteiger partial charge in [-0.1, -0.05) is 6.42 Å². The fourth-order valence-corrected chi connectivity index (χ4v) is 2.58. The Morgan fingerprint density at radius 3 is 2.81 bits per heavy atom. The molecule has 2 aliphatic heterocycles. The quantitative estimate of drug-likeness (QED) is 0.737. The number of hydrogen-bond donors (Lipinski definition) is 2. The molecule has 2 saturated heterocycles. The third-order valence-corrected chi connectivity index (χ3v) is 3.53. The minimum Gasteiger partial charge on any atom is -0.386 e. The normalized spacial score (nSPS) is 28.6. The molecule has 92 valence electrons. The lowest BCUT2D eigenvalue weighted by Crippen LogP contribution is -2.61. The Kier molecular flexibility index (Phi) is 3.50. The van der Waals surface area contributed by atoms with E-state index in [1.165, 1.54) is 19.3 Å². The molecule has 0 bridgehead atoms. The predicted octanol–water partition coefficient (Wildman–Crippen LogP) is 0.502. The van der Waals surface area contributed by atoms with Crippen LogP contribution in [0.1, 0.15) is 39.0 Å². The number of carbonyl (C=O) groups is 1. The van der Waals surface area contributed by atoms with Gasteiger partial charge in [0.25, 0.3) is 0 Å². The molecular weight excluding hydrogens is 204 g/mol. The van der Waals surface area contributed by atoms with Crippen LogP contribution >= 0.6 is 0 Å². The van der Waals surface area contributed by atoms with Gasteiger partial charge in [0.05, 0.1) is 18.7 Å². The zero-order valence-electron chi connectivity index (χ0n) is 10.0. The minimum absolute atomic E-state index is 0.193. The second-order valence-electron chi connectivity index (χ2n) is 5.43. The third kappa shape index (κ3) is 2.95. The lowest BCUT2D eigenvalue weighted by Gasteiger charge is -2.44. The molecule has 1 unspecified atom stereocenters. The number of likely N-dealkylation sites (tertiary alicyclic amines) is 1. The van der Waals surface area contributed by atoms with E-state index in [0.717, 1.165) is 13.0 Å². The molecule has 2 fully saturated rings. The van der Waals surface area contributed by atoms with Crippen LogP contribution in [0.25, 0.3) is 0 Å². The molecule has 0 aromatic carbocycles. The molecule has 16 heavy (non-hydrogen) atoms. The Labute approximate surface area is 97.0 Å². The molecule has 4 nitrogen and oxygen atoms in total. The van der Waals surface area contributed by atoms with E-state index < -0.39 is 5.60 Å². The minimum atomic E-state index is -0.640. The summed E-state index contributed by atoms with van der Waals surface area (Å²) < 4.78 is 0. The second-order valence-corrected chi connectivity index (χ2v) is 5.43. The van der Waals surface area contributed by atoms with Crippen molar-refractivity contribution in [3.63, 3.8) is 0 Å². The van der Waals surface area contributed by atoms with E-state index in [1.807, 2.05) is 0 Å². The van der Waals surface area contributed by atoms with Crippen molar-refractivity contribution < 1.29 is 9.90 Å². The largest absolute Gasteiger partial charge is 0.386 e. The van der Waals surface area contributed by atoms with Crippen molar-refractivity contribution in [3.8, 4) is 0 Å². The number of rotatable bonds is 3.